The highest BCUT2D eigenvalue weighted by Gasteiger charge is 2.35. The first-order valence-electron chi connectivity index (χ1n) is 16.2. The third kappa shape index (κ3) is 8.29. The van der Waals surface area contributed by atoms with E-state index in [4.69, 9.17) is 8.83 Å². The number of carbonyl (C=O) groups excluding carboxylic acids is 2. The van der Waals surface area contributed by atoms with Gasteiger partial charge in [0.05, 0.1) is 29.6 Å². The molecule has 3 N–H and O–H groups in total. The van der Waals surface area contributed by atoms with E-state index in [0.717, 1.165) is 24.1 Å². The van der Waals surface area contributed by atoms with Crippen LogP contribution in [0.2, 0.25) is 0 Å². The number of oxazole rings is 2. The number of aromatic nitrogens is 2. The molecule has 6 rings (SSSR count). The summed E-state index contributed by atoms with van der Waals surface area (Å²) in [5.41, 5.74) is 2.00. The van der Waals surface area contributed by atoms with E-state index in [2.05, 4.69) is 20.6 Å². The maximum atomic E-state index is 14.0. The van der Waals surface area contributed by atoms with Crippen molar-refractivity contribution >= 4 is 11.8 Å². The average molecular weight is 688 g/mol. The molecule has 2 amide bonds. The Morgan fingerprint density at radius 1 is 1.02 bits per heavy atom. The van der Waals surface area contributed by atoms with Crippen LogP contribution >= 0.6 is 0 Å². The maximum Gasteiger partial charge on any atom is 0.416 e. The Labute approximate surface area is 286 Å². The molecule has 0 spiro atoms. The molecule has 0 bridgehead atoms. The number of benzene rings is 3. The number of alkyl halides is 3. The number of hydrogen-bond donors (Lipinski definition) is 3. The van der Waals surface area contributed by atoms with Crippen LogP contribution in [0, 0.1) is 6.92 Å². The van der Waals surface area contributed by atoms with E-state index < -0.39 is 29.8 Å². The van der Waals surface area contributed by atoms with Crippen LogP contribution in [0.3, 0.4) is 0 Å². The van der Waals surface area contributed by atoms with E-state index >= 15 is 0 Å². The predicted octanol–water partition coefficient (Wildman–Crippen LogP) is 6.13. The predicted molar refractivity (Wildman–Crippen MR) is 177 cm³/mol. The van der Waals surface area contributed by atoms with Crippen molar-refractivity contribution in [3.63, 3.8) is 0 Å². The Kier molecular flexibility index (Phi) is 10.4. The number of aliphatic hydroxyl groups is 1. The van der Waals surface area contributed by atoms with Crippen molar-refractivity contribution < 1.29 is 36.7 Å². The number of aliphatic hydroxyl groups excluding tert-OH is 1. The van der Waals surface area contributed by atoms with Crippen molar-refractivity contribution in [3.8, 4) is 11.5 Å². The van der Waals surface area contributed by atoms with E-state index in [1.807, 2.05) is 37.3 Å². The number of aryl methyl sites for hydroxylation is 1. The van der Waals surface area contributed by atoms with Crippen molar-refractivity contribution in [1.29, 1.82) is 0 Å². The molecule has 2 aromatic heterocycles. The molecule has 13 heteroatoms. The highest BCUT2D eigenvalue weighted by atomic mass is 19.4. The Morgan fingerprint density at radius 2 is 1.80 bits per heavy atom. The molecule has 260 valence electrons. The lowest BCUT2D eigenvalue weighted by Gasteiger charge is -2.25. The molecule has 1 aliphatic heterocycles. The van der Waals surface area contributed by atoms with Gasteiger partial charge in [-0.05, 0) is 61.6 Å². The number of nitrogens with zero attached hydrogens (tertiary/aromatic N) is 3. The smallest absolute Gasteiger partial charge is 0.416 e. The largest absolute Gasteiger partial charge is 0.446 e. The van der Waals surface area contributed by atoms with E-state index in [0.29, 0.717) is 35.7 Å². The molecule has 3 atom stereocenters. The number of halogens is 3. The van der Waals surface area contributed by atoms with Gasteiger partial charge in [0, 0.05) is 36.3 Å². The third-order valence-corrected chi connectivity index (χ3v) is 8.57. The SMILES string of the molecule is Cc1coc(C2CCCN2C(=O)c2cc(C(=O)N[C@@H](Cc3ccccc3)[C@H](O)CNCc3cccc(C(F)(F)F)c3)cc(-c3ncco3)c2)n1. The van der Waals surface area contributed by atoms with E-state index in [1.54, 1.807) is 29.4 Å². The second kappa shape index (κ2) is 15.1. The fraction of sp³-hybridized carbons (Fsp3) is 0.297. The van der Waals surface area contributed by atoms with Crippen LogP contribution in [0.1, 0.15) is 67.9 Å². The van der Waals surface area contributed by atoms with E-state index in [1.165, 1.54) is 24.6 Å². The fourth-order valence-corrected chi connectivity index (χ4v) is 6.10. The first-order valence-corrected chi connectivity index (χ1v) is 16.2. The number of rotatable bonds is 12. The Balaban J connectivity index is 1.23. The molecule has 0 aliphatic carbocycles. The fourth-order valence-electron chi connectivity index (χ4n) is 6.10. The minimum Gasteiger partial charge on any atom is -0.446 e. The molecular formula is C37H36F3N5O5. The molecule has 1 saturated heterocycles. The summed E-state index contributed by atoms with van der Waals surface area (Å²) in [4.78, 5) is 38.2. The molecule has 50 heavy (non-hydrogen) atoms. The van der Waals surface area contributed by atoms with Crippen molar-refractivity contribution in [2.75, 3.05) is 13.1 Å². The van der Waals surface area contributed by atoms with Gasteiger partial charge in [0.25, 0.3) is 11.8 Å². The number of hydrogen-bond acceptors (Lipinski definition) is 8. The molecule has 5 aromatic rings. The van der Waals surface area contributed by atoms with Crippen LogP contribution in [0.25, 0.3) is 11.5 Å². The van der Waals surface area contributed by atoms with Crippen LogP contribution in [0.4, 0.5) is 13.2 Å². The molecule has 0 radical (unpaired) electrons. The molecular weight excluding hydrogens is 651 g/mol. The summed E-state index contributed by atoms with van der Waals surface area (Å²) < 4.78 is 50.7. The summed E-state index contributed by atoms with van der Waals surface area (Å²) in [5.74, 6) is -0.193. The summed E-state index contributed by atoms with van der Waals surface area (Å²) in [6.07, 6.45) is 0.494. The van der Waals surface area contributed by atoms with E-state index in [9.17, 15) is 27.9 Å². The summed E-state index contributed by atoms with van der Waals surface area (Å²) in [5, 5.41) is 17.2. The van der Waals surface area contributed by atoms with Crippen molar-refractivity contribution in [2.45, 2.75) is 57.1 Å². The van der Waals surface area contributed by atoms with Crippen LogP contribution in [-0.4, -0.2) is 57.0 Å². The van der Waals surface area contributed by atoms with Gasteiger partial charge in [-0.1, -0.05) is 48.5 Å². The average Bonchev–Trinajstić information content (AvgIpc) is 3.90. The van der Waals surface area contributed by atoms with E-state index in [-0.39, 0.29) is 48.5 Å². The summed E-state index contributed by atoms with van der Waals surface area (Å²) >= 11 is 0. The zero-order chi connectivity index (χ0) is 35.3. The van der Waals surface area contributed by atoms with Gasteiger partial charge in [-0.2, -0.15) is 13.2 Å². The highest BCUT2D eigenvalue weighted by Crippen LogP contribution is 2.34. The number of carbonyl (C=O) groups is 2. The summed E-state index contributed by atoms with van der Waals surface area (Å²) in [6.45, 7) is 2.34. The number of amides is 2. The molecule has 1 fully saturated rings. The molecule has 3 aromatic carbocycles. The van der Waals surface area contributed by atoms with Crippen molar-refractivity contribution in [3.05, 3.63) is 131 Å². The lowest BCUT2D eigenvalue weighted by atomic mass is 9.99. The van der Waals surface area contributed by atoms with Gasteiger partial charge in [0.15, 0.2) is 0 Å². The molecule has 10 nitrogen and oxygen atoms in total. The minimum absolute atomic E-state index is 0.0231. The Bertz CT molecular complexity index is 1910. The monoisotopic (exact) mass is 687 g/mol. The standard InChI is InChI=1S/C37H36F3N5O5/c1-23-22-50-35(43-23)31-11-6-13-45(31)36(48)28-18-26(17-27(19-28)34-42-12-14-49-34)33(47)44-30(16-24-7-3-2-4-8-24)32(46)21-41-20-25-9-5-10-29(15-25)37(38,39)40/h2-5,7-10,12,14-15,17-19,22,30-32,41,46H,6,11,13,16,20-21H2,1H3,(H,44,47)/t30-,31?,32+/m0/s1. The maximum absolute atomic E-state index is 14.0. The van der Waals surface area contributed by atoms with Crippen molar-refractivity contribution in [2.24, 2.45) is 0 Å². The zero-order valence-corrected chi connectivity index (χ0v) is 27.2. The van der Waals surface area contributed by atoms with Crippen molar-refractivity contribution in [1.82, 2.24) is 25.5 Å². The van der Waals surface area contributed by atoms with Gasteiger partial charge < -0.3 is 29.5 Å². The van der Waals surface area contributed by atoms with Crippen LogP contribution in [0.15, 0.2) is 100 Å². The first-order chi connectivity index (χ1) is 24.0. The normalized spacial score (nSPS) is 15.9. The topological polar surface area (TPSA) is 134 Å². The van der Waals surface area contributed by atoms with Crippen LogP contribution in [-0.2, 0) is 19.1 Å². The number of likely N-dealkylation sites (tertiary alicyclic amines) is 1. The quantitative estimate of drug-likeness (QED) is 0.143. The lowest BCUT2D eigenvalue weighted by molar-refractivity contribution is -0.137. The zero-order valence-electron chi connectivity index (χ0n) is 27.2. The molecule has 1 aliphatic rings. The van der Waals surface area contributed by atoms with Gasteiger partial charge >= 0.3 is 6.18 Å². The Hall–Kier alpha value is -5.27. The highest BCUT2D eigenvalue weighted by molar-refractivity contribution is 6.01. The van der Waals surface area contributed by atoms with Gasteiger partial charge in [-0.25, -0.2) is 9.97 Å². The van der Waals surface area contributed by atoms with Gasteiger partial charge in [0.2, 0.25) is 11.8 Å². The second-order valence-electron chi connectivity index (χ2n) is 12.3. The first kappa shape index (κ1) is 34.6. The summed E-state index contributed by atoms with van der Waals surface area (Å²) in [6, 6.07) is 17.7. The third-order valence-electron chi connectivity index (χ3n) is 8.57. The number of nitrogens with one attached hydrogen (secondary N) is 2. The van der Waals surface area contributed by atoms with Gasteiger partial charge in [-0.15, -0.1) is 0 Å². The Morgan fingerprint density at radius 3 is 2.52 bits per heavy atom. The van der Waals surface area contributed by atoms with Crippen LogP contribution in [0.5, 0.6) is 0 Å². The second-order valence-corrected chi connectivity index (χ2v) is 12.3. The molecule has 0 saturated carbocycles. The molecule has 1 unspecified atom stereocenters. The molecule has 3 heterocycles. The van der Waals surface area contributed by atoms with Crippen LogP contribution < -0.4 is 10.6 Å². The van der Waals surface area contributed by atoms with Gasteiger partial charge in [-0.3, -0.25) is 9.59 Å². The summed E-state index contributed by atoms with van der Waals surface area (Å²) in [7, 11) is 0. The van der Waals surface area contributed by atoms with Gasteiger partial charge in [0.1, 0.15) is 18.6 Å². The lowest BCUT2D eigenvalue weighted by Crippen LogP contribution is -2.48. The minimum atomic E-state index is -4.47.